The predicted octanol–water partition coefficient (Wildman–Crippen LogP) is 1.85. The Labute approximate surface area is 89.2 Å². The van der Waals surface area contributed by atoms with Crippen molar-refractivity contribution in [2.75, 3.05) is 12.3 Å². The first-order valence-corrected chi connectivity index (χ1v) is 6.49. The molecule has 78 valence electrons. The van der Waals surface area contributed by atoms with Crippen LogP contribution in [-0.2, 0) is 15.5 Å². The summed E-state index contributed by atoms with van der Waals surface area (Å²) in [6.07, 6.45) is 0. The molecule has 0 amide bonds. The van der Waals surface area contributed by atoms with E-state index in [9.17, 15) is 4.21 Å². The average molecular weight is 233 g/mol. The summed E-state index contributed by atoms with van der Waals surface area (Å²) >= 11 is 5.71. The minimum absolute atomic E-state index is 0.246. The molecule has 0 aliphatic carbocycles. The monoisotopic (exact) mass is 232 g/mol. The van der Waals surface area contributed by atoms with E-state index in [1.807, 2.05) is 0 Å². The Hall–Kier alpha value is -0.580. The molecule has 1 rings (SSSR count). The lowest BCUT2D eigenvalue weighted by molar-refractivity contribution is 0.673. The van der Waals surface area contributed by atoms with Crippen molar-refractivity contribution < 1.29 is 4.21 Å². The lowest BCUT2D eigenvalue weighted by Gasteiger charge is -2.05. The third kappa shape index (κ3) is 3.65. The van der Waals surface area contributed by atoms with E-state index < -0.39 is 9.73 Å². The molecular formula is C9H13ClN2OS. The summed E-state index contributed by atoms with van der Waals surface area (Å²) in [5.74, 6) is 0.497. The molecule has 1 aromatic rings. The first-order chi connectivity index (χ1) is 6.53. The Morgan fingerprint density at radius 1 is 1.36 bits per heavy atom. The van der Waals surface area contributed by atoms with Crippen LogP contribution in [-0.4, -0.2) is 16.5 Å². The molecule has 0 bridgehead atoms. The lowest BCUT2D eigenvalue weighted by Crippen LogP contribution is -2.15. The van der Waals surface area contributed by atoms with Gasteiger partial charge < -0.3 is 5.73 Å². The van der Waals surface area contributed by atoms with E-state index in [0.29, 0.717) is 5.02 Å². The van der Waals surface area contributed by atoms with Crippen molar-refractivity contribution in [2.45, 2.75) is 5.75 Å². The van der Waals surface area contributed by atoms with Crippen molar-refractivity contribution in [3.8, 4) is 0 Å². The Morgan fingerprint density at radius 3 is 2.43 bits per heavy atom. The van der Waals surface area contributed by atoms with E-state index in [0.717, 1.165) is 5.56 Å². The van der Waals surface area contributed by atoms with Crippen LogP contribution in [0.1, 0.15) is 5.56 Å². The standard InChI is InChI=1S/C9H13ClN2OS/c10-9-3-1-8(2-4-9)7-14(12,13)6-5-11/h1-4,12H,5-7,11H2. The van der Waals surface area contributed by atoms with Crippen LogP contribution in [0.4, 0.5) is 0 Å². The van der Waals surface area contributed by atoms with Crippen molar-refractivity contribution in [1.29, 1.82) is 4.78 Å². The molecule has 0 aromatic heterocycles. The number of rotatable bonds is 4. The molecule has 0 radical (unpaired) electrons. The number of hydrogen-bond acceptors (Lipinski definition) is 3. The fourth-order valence-corrected chi connectivity index (χ4v) is 2.49. The largest absolute Gasteiger partial charge is 0.330 e. The van der Waals surface area contributed by atoms with Gasteiger partial charge in [-0.1, -0.05) is 23.7 Å². The molecule has 3 nitrogen and oxygen atoms in total. The molecule has 1 unspecified atom stereocenters. The van der Waals surface area contributed by atoms with Crippen LogP contribution in [0.3, 0.4) is 0 Å². The maximum absolute atomic E-state index is 11.6. The molecule has 3 N–H and O–H groups in total. The van der Waals surface area contributed by atoms with Crippen LogP contribution in [0.15, 0.2) is 24.3 Å². The maximum atomic E-state index is 11.6. The van der Waals surface area contributed by atoms with Gasteiger partial charge in [0.25, 0.3) is 0 Å². The zero-order valence-electron chi connectivity index (χ0n) is 7.70. The maximum Gasteiger partial charge on any atom is 0.0566 e. The van der Waals surface area contributed by atoms with Gasteiger partial charge in [0, 0.05) is 27.0 Å². The zero-order chi connectivity index (χ0) is 10.6. The molecule has 0 fully saturated rings. The van der Waals surface area contributed by atoms with E-state index in [1.165, 1.54) is 0 Å². The topological polar surface area (TPSA) is 66.9 Å². The molecule has 1 atom stereocenters. The number of benzene rings is 1. The van der Waals surface area contributed by atoms with Crippen molar-refractivity contribution in [3.63, 3.8) is 0 Å². The van der Waals surface area contributed by atoms with Gasteiger partial charge in [0.15, 0.2) is 0 Å². The van der Waals surface area contributed by atoms with Crippen LogP contribution in [0, 0.1) is 4.78 Å². The fraction of sp³-hybridized carbons (Fsp3) is 0.333. The highest BCUT2D eigenvalue weighted by atomic mass is 35.5. The third-order valence-corrected chi connectivity index (χ3v) is 3.71. The summed E-state index contributed by atoms with van der Waals surface area (Å²) in [7, 11) is -2.57. The molecule has 0 saturated carbocycles. The zero-order valence-corrected chi connectivity index (χ0v) is 9.27. The first-order valence-electron chi connectivity index (χ1n) is 4.22. The molecule has 0 heterocycles. The lowest BCUT2D eigenvalue weighted by atomic mass is 10.2. The Morgan fingerprint density at radius 2 is 1.93 bits per heavy atom. The van der Waals surface area contributed by atoms with Crippen molar-refractivity contribution >= 4 is 21.3 Å². The fourth-order valence-electron chi connectivity index (χ4n) is 1.11. The quantitative estimate of drug-likeness (QED) is 0.832. The van der Waals surface area contributed by atoms with Gasteiger partial charge in [0.05, 0.1) is 5.75 Å². The van der Waals surface area contributed by atoms with Gasteiger partial charge in [-0.05, 0) is 17.7 Å². The van der Waals surface area contributed by atoms with Crippen molar-refractivity contribution in [3.05, 3.63) is 34.9 Å². The van der Waals surface area contributed by atoms with Gasteiger partial charge in [-0.15, -0.1) is 0 Å². The van der Waals surface area contributed by atoms with Gasteiger partial charge in [-0.3, -0.25) is 4.78 Å². The summed E-state index contributed by atoms with van der Waals surface area (Å²) < 4.78 is 19.1. The smallest absolute Gasteiger partial charge is 0.0566 e. The van der Waals surface area contributed by atoms with Crippen LogP contribution in [0.25, 0.3) is 0 Å². The number of nitrogens with two attached hydrogens (primary N) is 1. The van der Waals surface area contributed by atoms with Gasteiger partial charge in [-0.25, -0.2) is 4.21 Å². The van der Waals surface area contributed by atoms with Gasteiger partial charge >= 0.3 is 0 Å². The predicted molar refractivity (Wildman–Crippen MR) is 59.9 cm³/mol. The van der Waals surface area contributed by atoms with Gasteiger partial charge in [0.1, 0.15) is 0 Å². The molecular weight excluding hydrogens is 220 g/mol. The van der Waals surface area contributed by atoms with E-state index in [2.05, 4.69) is 0 Å². The summed E-state index contributed by atoms with van der Waals surface area (Å²) in [6.45, 7) is 0.288. The highest BCUT2D eigenvalue weighted by Gasteiger charge is 2.06. The molecule has 0 aliphatic heterocycles. The Kier molecular flexibility index (Phi) is 3.92. The minimum atomic E-state index is -2.57. The summed E-state index contributed by atoms with van der Waals surface area (Å²) in [4.78, 5) is 0. The van der Waals surface area contributed by atoms with Crippen molar-refractivity contribution in [2.24, 2.45) is 5.73 Å². The summed E-state index contributed by atoms with van der Waals surface area (Å²) in [5, 5.41) is 0.643. The summed E-state index contributed by atoms with van der Waals surface area (Å²) in [6, 6.07) is 7.03. The second-order valence-electron chi connectivity index (χ2n) is 3.08. The second-order valence-corrected chi connectivity index (χ2v) is 5.83. The normalized spacial score (nSPS) is 15.0. The van der Waals surface area contributed by atoms with E-state index in [1.54, 1.807) is 24.3 Å². The van der Waals surface area contributed by atoms with E-state index in [-0.39, 0.29) is 18.1 Å². The highest BCUT2D eigenvalue weighted by Crippen LogP contribution is 2.12. The SMILES string of the molecule is N=S(=O)(CCN)Cc1ccc(Cl)cc1. The molecule has 0 aliphatic rings. The first kappa shape index (κ1) is 11.5. The molecule has 0 spiro atoms. The number of hydrogen-bond donors (Lipinski definition) is 2. The average Bonchev–Trinajstić information content (AvgIpc) is 2.08. The molecule has 14 heavy (non-hydrogen) atoms. The molecule has 1 aromatic carbocycles. The minimum Gasteiger partial charge on any atom is -0.330 e. The summed E-state index contributed by atoms with van der Waals surface area (Å²) in [5.41, 5.74) is 6.14. The number of nitrogens with one attached hydrogen (secondary N) is 1. The second kappa shape index (κ2) is 4.77. The van der Waals surface area contributed by atoms with Gasteiger partial charge in [-0.2, -0.15) is 0 Å². The Balaban J connectivity index is 2.74. The van der Waals surface area contributed by atoms with Crippen LogP contribution in [0.5, 0.6) is 0 Å². The highest BCUT2D eigenvalue weighted by molar-refractivity contribution is 7.91. The van der Waals surface area contributed by atoms with Crippen LogP contribution in [0.2, 0.25) is 5.02 Å². The van der Waals surface area contributed by atoms with Gasteiger partial charge in [0.2, 0.25) is 0 Å². The Bertz CT molecular complexity index is 386. The van der Waals surface area contributed by atoms with E-state index in [4.69, 9.17) is 22.1 Å². The van der Waals surface area contributed by atoms with Crippen LogP contribution >= 0.6 is 11.6 Å². The van der Waals surface area contributed by atoms with Crippen LogP contribution < -0.4 is 5.73 Å². The molecule has 0 saturated heterocycles. The molecule has 5 heteroatoms. The third-order valence-electron chi connectivity index (χ3n) is 1.76. The van der Waals surface area contributed by atoms with Crippen molar-refractivity contribution in [1.82, 2.24) is 0 Å². The van der Waals surface area contributed by atoms with E-state index >= 15 is 0 Å². The number of halogens is 1.